The molecule has 92 valence electrons. The third-order valence-corrected chi connectivity index (χ3v) is 2.95. The van der Waals surface area contributed by atoms with Crippen LogP contribution in [0.15, 0.2) is 18.2 Å². The number of fused-ring (bicyclic) bond motifs is 1. The van der Waals surface area contributed by atoms with Gasteiger partial charge in [0.1, 0.15) is 5.75 Å². The van der Waals surface area contributed by atoms with Gasteiger partial charge in [0.05, 0.1) is 19.8 Å². The molecule has 0 fully saturated rings. The first kappa shape index (κ1) is 12.0. The van der Waals surface area contributed by atoms with Crippen molar-refractivity contribution in [1.82, 2.24) is 5.32 Å². The number of carbonyl (C=O) groups is 1. The molecule has 5 heteroatoms. The summed E-state index contributed by atoms with van der Waals surface area (Å²) in [6, 6.07) is 5.32. The lowest BCUT2D eigenvalue weighted by molar-refractivity contribution is 0.166. The molecule has 2 rings (SSSR count). The summed E-state index contributed by atoms with van der Waals surface area (Å²) in [5, 5.41) is 3.42. The molecule has 1 atom stereocenters. The minimum absolute atomic E-state index is 0.112. The molecule has 1 aromatic rings. The maximum atomic E-state index is 11.3. The van der Waals surface area contributed by atoms with E-state index in [4.69, 9.17) is 16.3 Å². The number of ether oxygens (including phenoxy) is 2. The molecule has 1 aliphatic heterocycles. The van der Waals surface area contributed by atoms with E-state index >= 15 is 0 Å². The van der Waals surface area contributed by atoms with Crippen molar-refractivity contribution in [1.29, 1.82) is 0 Å². The molecule has 1 amide bonds. The number of alkyl carbamates (subject to hydrolysis) is 1. The summed E-state index contributed by atoms with van der Waals surface area (Å²) < 4.78 is 10.2. The van der Waals surface area contributed by atoms with Crippen LogP contribution in [0.3, 0.4) is 0 Å². The van der Waals surface area contributed by atoms with Crippen LogP contribution in [0.4, 0.5) is 4.79 Å². The maximum absolute atomic E-state index is 11.3. The van der Waals surface area contributed by atoms with Gasteiger partial charge in [-0.2, -0.15) is 0 Å². The molecule has 1 unspecified atom stereocenters. The fraction of sp³-hybridized carbons (Fsp3) is 0.417. The minimum atomic E-state index is -0.442. The van der Waals surface area contributed by atoms with E-state index in [1.807, 2.05) is 12.1 Å². The van der Waals surface area contributed by atoms with Gasteiger partial charge in [0.15, 0.2) is 0 Å². The predicted molar refractivity (Wildman–Crippen MR) is 64.5 cm³/mol. The monoisotopic (exact) mass is 255 g/mol. The van der Waals surface area contributed by atoms with Gasteiger partial charge in [-0.1, -0.05) is 11.6 Å². The summed E-state index contributed by atoms with van der Waals surface area (Å²) in [7, 11) is 1.35. The van der Waals surface area contributed by atoms with Gasteiger partial charge in [-0.3, -0.25) is 0 Å². The second-order valence-electron chi connectivity index (χ2n) is 3.86. The summed E-state index contributed by atoms with van der Waals surface area (Å²) >= 11 is 5.97. The van der Waals surface area contributed by atoms with E-state index in [-0.39, 0.29) is 6.04 Å². The Kier molecular flexibility index (Phi) is 3.74. The van der Waals surface area contributed by atoms with Crippen LogP contribution < -0.4 is 10.1 Å². The zero-order chi connectivity index (χ0) is 12.3. The van der Waals surface area contributed by atoms with Gasteiger partial charge in [-0.25, -0.2) is 4.79 Å². The molecule has 0 spiro atoms. The second kappa shape index (κ2) is 5.27. The molecule has 0 saturated heterocycles. The number of hydrogen-bond donors (Lipinski definition) is 1. The number of carbonyl (C=O) groups excluding carboxylic acids is 1. The topological polar surface area (TPSA) is 47.6 Å². The van der Waals surface area contributed by atoms with Gasteiger partial charge in [0.2, 0.25) is 0 Å². The van der Waals surface area contributed by atoms with Crippen molar-refractivity contribution in [2.45, 2.75) is 18.9 Å². The number of rotatable bonds is 1. The van der Waals surface area contributed by atoms with Crippen molar-refractivity contribution in [2.24, 2.45) is 0 Å². The van der Waals surface area contributed by atoms with Gasteiger partial charge in [0.25, 0.3) is 0 Å². The molecule has 0 aromatic heterocycles. The maximum Gasteiger partial charge on any atom is 0.407 e. The highest BCUT2D eigenvalue weighted by molar-refractivity contribution is 6.30. The Morgan fingerprint density at radius 1 is 1.59 bits per heavy atom. The van der Waals surface area contributed by atoms with Gasteiger partial charge < -0.3 is 14.8 Å². The van der Waals surface area contributed by atoms with E-state index < -0.39 is 6.09 Å². The largest absolute Gasteiger partial charge is 0.493 e. The lowest BCUT2D eigenvalue weighted by atomic mass is 10.0. The predicted octanol–water partition coefficient (Wildman–Crippen LogP) is 2.91. The van der Waals surface area contributed by atoms with E-state index in [1.165, 1.54) is 7.11 Å². The first-order valence-corrected chi connectivity index (χ1v) is 5.85. The van der Waals surface area contributed by atoms with E-state index in [0.29, 0.717) is 11.6 Å². The number of hydrogen-bond acceptors (Lipinski definition) is 3. The van der Waals surface area contributed by atoms with Crippen molar-refractivity contribution in [2.75, 3.05) is 13.7 Å². The molecule has 1 aromatic carbocycles. The zero-order valence-electron chi connectivity index (χ0n) is 9.53. The second-order valence-corrected chi connectivity index (χ2v) is 4.30. The molecular weight excluding hydrogens is 242 g/mol. The summed E-state index contributed by atoms with van der Waals surface area (Å²) in [5.74, 6) is 0.772. The Morgan fingerprint density at radius 2 is 2.41 bits per heavy atom. The van der Waals surface area contributed by atoms with Crippen molar-refractivity contribution in [3.8, 4) is 5.75 Å². The first-order valence-electron chi connectivity index (χ1n) is 5.47. The molecule has 17 heavy (non-hydrogen) atoms. The van der Waals surface area contributed by atoms with Crippen LogP contribution in [0.1, 0.15) is 24.4 Å². The molecule has 1 N–H and O–H groups in total. The van der Waals surface area contributed by atoms with Crippen molar-refractivity contribution in [3.05, 3.63) is 28.8 Å². The minimum Gasteiger partial charge on any atom is -0.493 e. The zero-order valence-corrected chi connectivity index (χ0v) is 10.3. The number of methoxy groups -OCH3 is 1. The molecular formula is C12H14ClNO3. The lowest BCUT2D eigenvalue weighted by Gasteiger charge is -2.17. The molecule has 1 aliphatic rings. The van der Waals surface area contributed by atoms with Crippen LogP contribution in [-0.2, 0) is 4.74 Å². The highest BCUT2D eigenvalue weighted by Crippen LogP contribution is 2.33. The number of benzene rings is 1. The third kappa shape index (κ3) is 2.82. The van der Waals surface area contributed by atoms with Crippen molar-refractivity contribution < 1.29 is 14.3 Å². The Balaban J connectivity index is 2.28. The Labute approximate surface area is 105 Å². The van der Waals surface area contributed by atoms with Crippen LogP contribution in [0.2, 0.25) is 5.02 Å². The number of amides is 1. The first-order chi connectivity index (χ1) is 8.20. The molecule has 0 saturated carbocycles. The van der Waals surface area contributed by atoms with E-state index in [0.717, 1.165) is 24.2 Å². The van der Waals surface area contributed by atoms with Crippen LogP contribution in [0.5, 0.6) is 5.75 Å². The molecule has 0 aliphatic carbocycles. The van der Waals surface area contributed by atoms with Crippen LogP contribution in [0.25, 0.3) is 0 Å². The van der Waals surface area contributed by atoms with E-state index in [1.54, 1.807) is 6.07 Å². The Bertz CT molecular complexity index is 422. The highest BCUT2D eigenvalue weighted by atomic mass is 35.5. The van der Waals surface area contributed by atoms with Crippen molar-refractivity contribution >= 4 is 17.7 Å². The third-order valence-electron chi connectivity index (χ3n) is 2.72. The highest BCUT2D eigenvalue weighted by Gasteiger charge is 2.21. The SMILES string of the molecule is COC(=O)NC1CCCOc2ccc(Cl)cc21. The normalized spacial score (nSPS) is 18.6. The van der Waals surface area contributed by atoms with Crippen molar-refractivity contribution in [3.63, 3.8) is 0 Å². The van der Waals surface area contributed by atoms with Crippen LogP contribution >= 0.6 is 11.6 Å². The lowest BCUT2D eigenvalue weighted by Crippen LogP contribution is -2.28. The van der Waals surface area contributed by atoms with E-state index in [2.05, 4.69) is 10.1 Å². The van der Waals surface area contributed by atoms with Crippen LogP contribution in [-0.4, -0.2) is 19.8 Å². The summed E-state index contributed by atoms with van der Waals surface area (Å²) in [4.78, 5) is 11.3. The van der Waals surface area contributed by atoms with Gasteiger partial charge in [-0.15, -0.1) is 0 Å². The molecule has 0 radical (unpaired) electrons. The summed E-state index contributed by atoms with van der Waals surface area (Å²) in [5.41, 5.74) is 0.903. The summed E-state index contributed by atoms with van der Waals surface area (Å²) in [6.45, 7) is 0.647. The standard InChI is InChI=1S/C12H14ClNO3/c1-16-12(15)14-10-3-2-6-17-11-5-4-8(13)7-9(10)11/h4-5,7,10H,2-3,6H2,1H3,(H,14,15). The Morgan fingerprint density at radius 3 is 3.18 bits per heavy atom. The number of nitrogens with one attached hydrogen (secondary N) is 1. The fourth-order valence-electron chi connectivity index (χ4n) is 1.90. The average Bonchev–Trinajstić information content (AvgIpc) is 2.52. The quantitative estimate of drug-likeness (QED) is 0.839. The van der Waals surface area contributed by atoms with Gasteiger partial charge >= 0.3 is 6.09 Å². The fourth-order valence-corrected chi connectivity index (χ4v) is 2.08. The smallest absolute Gasteiger partial charge is 0.407 e. The molecule has 1 heterocycles. The van der Waals surface area contributed by atoms with Crippen LogP contribution in [0, 0.1) is 0 Å². The van der Waals surface area contributed by atoms with Gasteiger partial charge in [0, 0.05) is 10.6 Å². The summed E-state index contributed by atoms with van der Waals surface area (Å²) in [6.07, 6.45) is 1.24. The average molecular weight is 256 g/mol. The van der Waals surface area contributed by atoms with E-state index in [9.17, 15) is 4.79 Å². The molecule has 4 nitrogen and oxygen atoms in total. The van der Waals surface area contributed by atoms with Gasteiger partial charge in [-0.05, 0) is 31.0 Å². The number of halogens is 1. The molecule has 0 bridgehead atoms. The Hall–Kier alpha value is -1.42.